The van der Waals surface area contributed by atoms with Crippen molar-refractivity contribution >= 4 is 21.8 Å². The lowest BCUT2D eigenvalue weighted by Crippen LogP contribution is -2.61. The number of carbonyl (C=O) groups is 1. The van der Waals surface area contributed by atoms with E-state index in [4.69, 9.17) is 0 Å². The Morgan fingerprint density at radius 1 is 1.12 bits per heavy atom. The van der Waals surface area contributed by atoms with Gasteiger partial charge in [0, 0.05) is 0 Å². The Morgan fingerprint density at radius 2 is 1.78 bits per heavy atom. The van der Waals surface area contributed by atoms with Crippen molar-refractivity contribution in [2.45, 2.75) is 89.6 Å². The molecule has 6 heteroatoms. The maximum Gasteiger partial charge on any atom is 0.226 e. The molecule has 5 nitrogen and oxygen atoms in total. The molecule has 1 amide bonds. The maximum atomic E-state index is 13.9. The van der Waals surface area contributed by atoms with Crippen molar-refractivity contribution in [2.75, 3.05) is 0 Å². The van der Waals surface area contributed by atoms with Crippen molar-refractivity contribution in [3.63, 3.8) is 0 Å². The summed E-state index contributed by atoms with van der Waals surface area (Å²) in [6, 6.07) is 8.97. The minimum Gasteiger partial charge on any atom is -0.349 e. The average Bonchev–Trinajstić information content (AvgIpc) is 3.23. The quantitative estimate of drug-likeness (QED) is 0.500. The first-order valence-corrected chi connectivity index (χ1v) is 13.1. The molecule has 4 bridgehead atoms. The van der Waals surface area contributed by atoms with Gasteiger partial charge in [-0.25, -0.2) is 9.67 Å². The standard InChI is InChI=1S/C26H35BrN4O/c1-4-17(3)20-6-8-21(9-7-20)22(5-2)29-23(32)25-11-18-10-19(12-25)14-26(13-18,15-25)31-16-28-24(27)30-31/h6-9,16-19,22H,4-5,10-15H2,1-3H3,(H,29,32)/t17-,18-,19-,22+,25?,26?/m0/s1. The maximum absolute atomic E-state index is 13.9. The van der Waals surface area contributed by atoms with E-state index in [1.54, 1.807) is 0 Å². The molecule has 1 aromatic heterocycles. The van der Waals surface area contributed by atoms with Gasteiger partial charge in [0.05, 0.1) is 17.0 Å². The third-order valence-corrected chi connectivity index (χ3v) is 9.06. The van der Waals surface area contributed by atoms with E-state index in [1.807, 2.05) is 6.33 Å². The predicted molar refractivity (Wildman–Crippen MR) is 129 cm³/mol. The van der Waals surface area contributed by atoms with E-state index in [0.29, 0.717) is 22.5 Å². The van der Waals surface area contributed by atoms with E-state index in [9.17, 15) is 4.79 Å². The highest BCUT2D eigenvalue weighted by Crippen LogP contribution is 2.64. The third kappa shape index (κ3) is 3.72. The van der Waals surface area contributed by atoms with Gasteiger partial charge in [0.1, 0.15) is 6.33 Å². The van der Waals surface area contributed by atoms with Gasteiger partial charge >= 0.3 is 0 Å². The lowest BCUT2D eigenvalue weighted by atomic mass is 9.46. The van der Waals surface area contributed by atoms with E-state index >= 15 is 0 Å². The van der Waals surface area contributed by atoms with Crippen LogP contribution in [0.4, 0.5) is 0 Å². The van der Waals surface area contributed by atoms with E-state index < -0.39 is 0 Å². The van der Waals surface area contributed by atoms with Gasteiger partial charge < -0.3 is 5.32 Å². The SMILES string of the molecule is CC[C@H](C)c1ccc([C@@H](CC)NC(=O)C23C[C@@H]4C[C@@H](C2)CC(n2cnc(Br)n2)(C4)C3)cc1. The second-order valence-corrected chi connectivity index (χ2v) is 11.5. The van der Waals surface area contributed by atoms with Gasteiger partial charge in [0.15, 0.2) is 0 Å². The van der Waals surface area contributed by atoms with Crippen molar-refractivity contribution in [3.05, 3.63) is 46.5 Å². The topological polar surface area (TPSA) is 59.8 Å². The number of nitrogens with one attached hydrogen (secondary N) is 1. The number of nitrogens with zero attached hydrogens (tertiary/aromatic N) is 3. The first-order valence-electron chi connectivity index (χ1n) is 12.3. The lowest BCUT2D eigenvalue weighted by molar-refractivity contribution is -0.156. The molecule has 0 aliphatic heterocycles. The summed E-state index contributed by atoms with van der Waals surface area (Å²) in [5, 5.41) is 8.12. The van der Waals surface area contributed by atoms with Crippen molar-refractivity contribution in [1.29, 1.82) is 0 Å². The summed E-state index contributed by atoms with van der Waals surface area (Å²) in [5.41, 5.74) is 2.26. The molecule has 4 aliphatic carbocycles. The molecular formula is C26H35BrN4O. The van der Waals surface area contributed by atoms with Crippen LogP contribution in [0.1, 0.15) is 95.2 Å². The molecule has 4 fully saturated rings. The normalized spacial score (nSPS) is 32.6. The molecule has 0 unspecified atom stereocenters. The van der Waals surface area contributed by atoms with Crippen LogP contribution in [-0.4, -0.2) is 20.7 Å². The van der Waals surface area contributed by atoms with Crippen LogP contribution in [0.5, 0.6) is 0 Å². The molecule has 2 aromatic rings. The lowest BCUT2D eigenvalue weighted by Gasteiger charge is -2.61. The van der Waals surface area contributed by atoms with Gasteiger partial charge in [0.25, 0.3) is 0 Å². The van der Waals surface area contributed by atoms with Gasteiger partial charge in [-0.3, -0.25) is 4.79 Å². The number of amides is 1. The van der Waals surface area contributed by atoms with E-state index in [-0.39, 0.29) is 22.9 Å². The van der Waals surface area contributed by atoms with Gasteiger partial charge in [0.2, 0.25) is 10.6 Å². The predicted octanol–water partition coefficient (Wildman–Crippen LogP) is 6.12. The van der Waals surface area contributed by atoms with Crippen LogP contribution in [-0.2, 0) is 10.3 Å². The minimum absolute atomic E-state index is 0.0555. The van der Waals surface area contributed by atoms with Crippen molar-refractivity contribution < 1.29 is 4.79 Å². The van der Waals surface area contributed by atoms with Gasteiger partial charge in [-0.1, -0.05) is 45.0 Å². The Labute approximate surface area is 199 Å². The van der Waals surface area contributed by atoms with Crippen LogP contribution < -0.4 is 5.32 Å². The fourth-order valence-corrected chi connectivity index (χ4v) is 7.51. The molecule has 0 spiro atoms. The fraction of sp³-hybridized carbons (Fsp3) is 0.654. The summed E-state index contributed by atoms with van der Waals surface area (Å²) in [6.07, 6.45) is 10.4. The highest BCUT2D eigenvalue weighted by molar-refractivity contribution is 9.10. The number of hydrogen-bond donors (Lipinski definition) is 1. The van der Waals surface area contributed by atoms with Crippen LogP contribution >= 0.6 is 15.9 Å². The zero-order valence-corrected chi connectivity index (χ0v) is 21.1. The number of hydrogen-bond acceptors (Lipinski definition) is 3. The molecule has 0 saturated heterocycles. The molecule has 1 N–H and O–H groups in total. The van der Waals surface area contributed by atoms with Gasteiger partial charge in [-0.05, 0) is 96.2 Å². The van der Waals surface area contributed by atoms with Gasteiger partial charge in [-0.15, -0.1) is 5.10 Å². The van der Waals surface area contributed by atoms with Crippen molar-refractivity contribution in [1.82, 2.24) is 20.1 Å². The third-order valence-electron chi connectivity index (χ3n) is 8.70. The second kappa shape index (κ2) is 8.27. The monoisotopic (exact) mass is 498 g/mol. The Hall–Kier alpha value is -1.69. The van der Waals surface area contributed by atoms with E-state index in [0.717, 1.165) is 44.9 Å². The number of rotatable bonds is 7. The van der Waals surface area contributed by atoms with Crippen LogP contribution in [0.25, 0.3) is 0 Å². The summed E-state index contributed by atoms with van der Waals surface area (Å²) < 4.78 is 2.71. The smallest absolute Gasteiger partial charge is 0.226 e. The highest BCUT2D eigenvalue weighted by atomic mass is 79.9. The zero-order chi connectivity index (χ0) is 22.5. The molecule has 0 radical (unpaired) electrons. The molecule has 4 atom stereocenters. The van der Waals surface area contributed by atoms with Crippen molar-refractivity contribution in [3.8, 4) is 0 Å². The van der Waals surface area contributed by atoms with E-state index in [2.05, 4.69) is 81.0 Å². The van der Waals surface area contributed by atoms with Crippen LogP contribution in [0, 0.1) is 17.3 Å². The first-order chi connectivity index (χ1) is 15.4. The molecule has 172 valence electrons. The first kappa shape index (κ1) is 22.1. The van der Waals surface area contributed by atoms with Crippen LogP contribution in [0.15, 0.2) is 35.3 Å². The fourth-order valence-electron chi connectivity index (χ4n) is 7.24. The largest absolute Gasteiger partial charge is 0.349 e. The summed E-state index contributed by atoms with van der Waals surface area (Å²) in [4.78, 5) is 18.2. The van der Waals surface area contributed by atoms with Crippen LogP contribution in [0.3, 0.4) is 0 Å². The number of benzene rings is 1. The van der Waals surface area contributed by atoms with E-state index in [1.165, 1.54) is 17.5 Å². The Kier molecular flexibility index (Phi) is 5.71. The Morgan fingerprint density at radius 3 is 2.34 bits per heavy atom. The number of carbonyl (C=O) groups excluding carboxylic acids is 1. The number of aromatic nitrogens is 3. The summed E-state index contributed by atoms with van der Waals surface area (Å²) in [6.45, 7) is 6.66. The minimum atomic E-state index is -0.271. The molecule has 1 heterocycles. The number of halogens is 1. The molecule has 6 rings (SSSR count). The highest BCUT2D eigenvalue weighted by Gasteiger charge is 2.61. The average molecular weight is 499 g/mol. The molecule has 32 heavy (non-hydrogen) atoms. The Bertz CT molecular complexity index is 970. The molecular weight excluding hydrogens is 464 g/mol. The summed E-state index contributed by atoms with van der Waals surface area (Å²) >= 11 is 3.42. The second-order valence-electron chi connectivity index (χ2n) is 10.8. The van der Waals surface area contributed by atoms with Crippen LogP contribution in [0.2, 0.25) is 0 Å². The summed E-state index contributed by atoms with van der Waals surface area (Å²) in [5.74, 6) is 2.05. The van der Waals surface area contributed by atoms with Gasteiger partial charge in [-0.2, -0.15) is 0 Å². The summed E-state index contributed by atoms with van der Waals surface area (Å²) in [7, 11) is 0. The Balaban J connectivity index is 1.37. The molecule has 1 aromatic carbocycles. The molecule has 4 saturated carbocycles. The molecule has 4 aliphatic rings. The van der Waals surface area contributed by atoms with Crippen molar-refractivity contribution in [2.24, 2.45) is 17.3 Å². The zero-order valence-electron chi connectivity index (χ0n) is 19.5.